The van der Waals surface area contributed by atoms with Crippen LogP contribution in [0, 0.1) is 0 Å². The van der Waals surface area contributed by atoms with Crippen LogP contribution < -0.4 is 14.8 Å². The molecule has 4 rings (SSSR count). The van der Waals surface area contributed by atoms with Crippen LogP contribution in [0.5, 0.6) is 11.5 Å². The zero-order chi connectivity index (χ0) is 24.6. The number of ether oxygens (including phenoxy) is 4. The largest absolute Gasteiger partial charge is 0.490 e. The van der Waals surface area contributed by atoms with E-state index in [-0.39, 0.29) is 31.4 Å². The summed E-state index contributed by atoms with van der Waals surface area (Å²) < 4.78 is 22.8. The number of halogens is 1. The summed E-state index contributed by atoms with van der Waals surface area (Å²) >= 11 is 3.45. The van der Waals surface area contributed by atoms with E-state index in [1.165, 1.54) is 7.11 Å². The number of benzene rings is 3. The number of esters is 1. The van der Waals surface area contributed by atoms with Crippen molar-refractivity contribution in [3.8, 4) is 11.5 Å². The third-order valence-corrected chi connectivity index (χ3v) is 5.88. The van der Waals surface area contributed by atoms with Crippen molar-refractivity contribution in [2.45, 2.75) is 13.0 Å². The van der Waals surface area contributed by atoms with Gasteiger partial charge in [0.05, 0.1) is 13.7 Å². The number of hydrogen-bond acceptors (Lipinski definition) is 7. The molecule has 8 heteroatoms. The van der Waals surface area contributed by atoms with E-state index in [1.807, 2.05) is 48.5 Å². The maximum absolute atomic E-state index is 12.9. The average molecular weight is 538 g/mol. The van der Waals surface area contributed by atoms with Crippen LogP contribution in [-0.4, -0.2) is 32.8 Å². The molecule has 1 heterocycles. The predicted octanol–water partition coefficient (Wildman–Crippen LogP) is 4.88. The second kappa shape index (κ2) is 11.6. The summed E-state index contributed by atoms with van der Waals surface area (Å²) in [6.07, 6.45) is 1.35. The molecule has 0 bridgehead atoms. The molecule has 7 nitrogen and oxygen atoms in total. The molecule has 0 unspecified atom stereocenters. The van der Waals surface area contributed by atoms with E-state index in [0.29, 0.717) is 29.0 Å². The fourth-order valence-corrected chi connectivity index (χ4v) is 3.98. The minimum absolute atomic E-state index is 0.111. The number of nitrogens with one attached hydrogen (secondary N) is 1. The smallest absolute Gasteiger partial charge is 0.358 e. The number of aldehydes is 1. The van der Waals surface area contributed by atoms with Gasteiger partial charge < -0.3 is 24.3 Å². The molecule has 0 aliphatic carbocycles. The first-order chi connectivity index (χ1) is 17.1. The topological polar surface area (TPSA) is 83.1 Å². The van der Waals surface area contributed by atoms with Crippen molar-refractivity contribution in [1.29, 1.82) is 0 Å². The third-order valence-electron chi connectivity index (χ3n) is 5.39. The Kier molecular flexibility index (Phi) is 8.05. The summed E-state index contributed by atoms with van der Waals surface area (Å²) in [4.78, 5) is 24.7. The van der Waals surface area contributed by atoms with Crippen LogP contribution >= 0.6 is 15.9 Å². The summed E-state index contributed by atoms with van der Waals surface area (Å²) in [5.74, 6) is 0.934. The maximum atomic E-state index is 12.9. The van der Waals surface area contributed by atoms with E-state index in [0.717, 1.165) is 21.9 Å². The normalized spacial score (nSPS) is 12.5. The van der Waals surface area contributed by atoms with Gasteiger partial charge in [-0.25, -0.2) is 4.79 Å². The first kappa shape index (κ1) is 24.3. The summed E-state index contributed by atoms with van der Waals surface area (Å²) in [5, 5.41) is 3.15. The highest BCUT2D eigenvalue weighted by Gasteiger charge is 2.23. The number of fused-ring (bicyclic) bond motifs is 1. The predicted molar refractivity (Wildman–Crippen MR) is 134 cm³/mol. The highest BCUT2D eigenvalue weighted by atomic mass is 79.9. The fourth-order valence-electron chi connectivity index (χ4n) is 3.62. The Balaban J connectivity index is 1.68. The summed E-state index contributed by atoms with van der Waals surface area (Å²) in [7, 11) is 1.30. The molecule has 0 saturated heterocycles. The van der Waals surface area contributed by atoms with Gasteiger partial charge in [0.15, 0.2) is 29.2 Å². The quantitative estimate of drug-likeness (QED) is 0.171. The van der Waals surface area contributed by atoms with Crippen molar-refractivity contribution in [3.63, 3.8) is 0 Å². The SMILES string of the molecule is COC(=O)/C(NCc1ccc2c(c1)OCO2)=C(\OCCc1ccccc1)c1cc(Br)ccc1C=O. The Bertz CT molecular complexity index is 1240. The molecule has 0 spiro atoms. The number of hydrogen-bond donors (Lipinski definition) is 1. The standard InChI is InChI=1S/C27H24BrNO6/c1-32-27(31)25(29-15-19-7-10-23-24(13-19)35-17-34-23)26(22-14-21(28)9-8-20(22)16-30)33-12-11-18-5-3-2-4-6-18/h2-10,13-14,16,29H,11-12,15,17H2,1H3/b26-25+. The molecule has 3 aromatic rings. The lowest BCUT2D eigenvalue weighted by Crippen LogP contribution is -2.24. The van der Waals surface area contributed by atoms with Gasteiger partial charge in [-0.1, -0.05) is 52.3 Å². The lowest BCUT2D eigenvalue weighted by atomic mass is 10.0. The van der Waals surface area contributed by atoms with Gasteiger partial charge in [0.25, 0.3) is 0 Å². The van der Waals surface area contributed by atoms with E-state index < -0.39 is 5.97 Å². The Morgan fingerprint density at radius 2 is 1.83 bits per heavy atom. The molecule has 0 atom stereocenters. The average Bonchev–Trinajstić information content (AvgIpc) is 3.36. The zero-order valence-corrected chi connectivity index (χ0v) is 20.7. The first-order valence-corrected chi connectivity index (χ1v) is 11.7. The van der Waals surface area contributed by atoms with Crippen LogP contribution in [0.3, 0.4) is 0 Å². The lowest BCUT2D eigenvalue weighted by Gasteiger charge is -2.19. The van der Waals surface area contributed by atoms with Gasteiger partial charge in [-0.05, 0) is 41.5 Å². The van der Waals surface area contributed by atoms with Crippen molar-refractivity contribution in [2.24, 2.45) is 0 Å². The van der Waals surface area contributed by atoms with Crippen molar-refractivity contribution in [1.82, 2.24) is 5.32 Å². The van der Waals surface area contributed by atoms with Crippen molar-refractivity contribution >= 4 is 33.9 Å². The molecule has 3 aromatic carbocycles. The van der Waals surface area contributed by atoms with Gasteiger partial charge >= 0.3 is 5.97 Å². The number of carbonyl (C=O) groups is 2. The Morgan fingerprint density at radius 3 is 2.60 bits per heavy atom. The molecule has 0 amide bonds. The van der Waals surface area contributed by atoms with Gasteiger partial charge in [-0.15, -0.1) is 0 Å². The highest BCUT2D eigenvalue weighted by molar-refractivity contribution is 9.10. The van der Waals surface area contributed by atoms with Gasteiger partial charge in [0.1, 0.15) is 0 Å². The fraction of sp³-hybridized carbons (Fsp3) is 0.185. The van der Waals surface area contributed by atoms with E-state index in [9.17, 15) is 9.59 Å². The van der Waals surface area contributed by atoms with Crippen LogP contribution in [0.1, 0.15) is 27.0 Å². The molecular weight excluding hydrogens is 514 g/mol. The Hall–Kier alpha value is -3.78. The van der Waals surface area contributed by atoms with Crippen LogP contribution in [0.15, 0.2) is 76.9 Å². The lowest BCUT2D eigenvalue weighted by molar-refractivity contribution is -0.136. The van der Waals surface area contributed by atoms with Crippen molar-refractivity contribution < 1.29 is 28.5 Å². The monoisotopic (exact) mass is 537 g/mol. The second-order valence-electron chi connectivity index (χ2n) is 7.67. The van der Waals surface area contributed by atoms with E-state index in [1.54, 1.807) is 18.2 Å². The zero-order valence-electron chi connectivity index (χ0n) is 19.1. The molecule has 0 fully saturated rings. The van der Waals surface area contributed by atoms with Gasteiger partial charge in [0.2, 0.25) is 6.79 Å². The highest BCUT2D eigenvalue weighted by Crippen LogP contribution is 2.33. The number of methoxy groups -OCH3 is 1. The first-order valence-electron chi connectivity index (χ1n) is 11.0. The number of rotatable bonds is 10. The molecule has 35 heavy (non-hydrogen) atoms. The van der Waals surface area contributed by atoms with Crippen molar-refractivity contribution in [2.75, 3.05) is 20.5 Å². The molecule has 1 aliphatic rings. The molecule has 180 valence electrons. The van der Waals surface area contributed by atoms with Gasteiger partial charge in [0, 0.05) is 28.6 Å². The molecule has 1 N–H and O–H groups in total. The van der Waals surface area contributed by atoms with E-state index in [2.05, 4.69) is 21.2 Å². The summed E-state index contributed by atoms with van der Waals surface area (Å²) in [5.41, 5.74) is 2.92. The van der Waals surface area contributed by atoms with E-state index in [4.69, 9.17) is 18.9 Å². The second-order valence-corrected chi connectivity index (χ2v) is 8.59. The van der Waals surface area contributed by atoms with Crippen LogP contribution in [0.2, 0.25) is 0 Å². The molecular formula is C27H24BrNO6. The minimum atomic E-state index is -0.614. The van der Waals surface area contributed by atoms with E-state index >= 15 is 0 Å². The van der Waals surface area contributed by atoms with Crippen LogP contribution in [-0.2, 0) is 27.2 Å². The van der Waals surface area contributed by atoms with Crippen LogP contribution in [0.4, 0.5) is 0 Å². The van der Waals surface area contributed by atoms with Crippen LogP contribution in [0.25, 0.3) is 5.76 Å². The Morgan fingerprint density at radius 1 is 1.03 bits per heavy atom. The van der Waals surface area contributed by atoms with Gasteiger partial charge in [-0.2, -0.15) is 0 Å². The summed E-state index contributed by atoms with van der Waals surface area (Å²) in [6, 6.07) is 20.6. The molecule has 0 aromatic heterocycles. The third kappa shape index (κ3) is 6.02. The molecule has 0 radical (unpaired) electrons. The molecule has 1 aliphatic heterocycles. The van der Waals surface area contributed by atoms with Crippen molar-refractivity contribution in [3.05, 3.63) is 99.2 Å². The minimum Gasteiger partial charge on any atom is -0.490 e. The molecule has 0 saturated carbocycles. The Labute approximate surface area is 211 Å². The maximum Gasteiger partial charge on any atom is 0.358 e. The van der Waals surface area contributed by atoms with Gasteiger partial charge in [-0.3, -0.25) is 4.79 Å². The number of carbonyl (C=O) groups excluding carboxylic acids is 2. The summed E-state index contributed by atoms with van der Waals surface area (Å²) in [6.45, 7) is 0.754.